The van der Waals surface area contributed by atoms with Crippen LogP contribution < -0.4 is 5.32 Å². The summed E-state index contributed by atoms with van der Waals surface area (Å²) in [6, 6.07) is 7.94. The van der Waals surface area contributed by atoms with Gasteiger partial charge >= 0.3 is 0 Å². The summed E-state index contributed by atoms with van der Waals surface area (Å²) in [6.07, 6.45) is 4.20. The molecule has 0 unspecified atom stereocenters. The number of halogens is 3. The molecule has 0 atom stereocenters. The minimum atomic E-state index is -2.63. The molecule has 1 heterocycles. The Bertz CT molecular complexity index is 644. The Kier molecular flexibility index (Phi) is 5.41. The van der Waals surface area contributed by atoms with Crippen molar-refractivity contribution in [3.63, 3.8) is 0 Å². The number of anilines is 1. The molecule has 0 bridgehead atoms. The van der Waals surface area contributed by atoms with Gasteiger partial charge in [0.2, 0.25) is 5.91 Å². The zero-order chi connectivity index (χ0) is 15.2. The van der Waals surface area contributed by atoms with E-state index >= 15 is 0 Å². The van der Waals surface area contributed by atoms with Crippen LogP contribution in [-0.4, -0.2) is 11.7 Å². The number of thioether (sulfide) groups is 1. The third kappa shape index (κ3) is 4.61. The number of furan rings is 1. The van der Waals surface area contributed by atoms with Gasteiger partial charge in [0.05, 0.1) is 21.9 Å². The van der Waals surface area contributed by atoms with E-state index in [1.54, 1.807) is 18.2 Å². The van der Waals surface area contributed by atoms with E-state index in [9.17, 15) is 13.6 Å². The SMILES string of the molecule is O=C(/C=C/c1ccco1)Nc1cccc(Cl)c1SC(F)F. The average molecular weight is 330 g/mol. The molecule has 0 aliphatic carbocycles. The lowest BCUT2D eigenvalue weighted by molar-refractivity contribution is -0.111. The molecule has 2 aromatic rings. The number of carbonyl (C=O) groups is 1. The van der Waals surface area contributed by atoms with Crippen LogP contribution in [0.3, 0.4) is 0 Å². The normalized spacial score (nSPS) is 11.2. The average Bonchev–Trinajstić information content (AvgIpc) is 2.93. The van der Waals surface area contributed by atoms with Crippen LogP contribution in [0.5, 0.6) is 0 Å². The molecule has 1 aromatic heterocycles. The zero-order valence-corrected chi connectivity index (χ0v) is 12.1. The molecule has 0 aliphatic heterocycles. The van der Waals surface area contributed by atoms with Crippen LogP contribution >= 0.6 is 23.4 Å². The van der Waals surface area contributed by atoms with Crippen molar-refractivity contribution in [3.8, 4) is 0 Å². The lowest BCUT2D eigenvalue weighted by Crippen LogP contribution is -2.09. The van der Waals surface area contributed by atoms with Crippen LogP contribution in [0, 0.1) is 0 Å². The second-order valence-corrected chi connectivity index (χ2v) is 5.24. The molecule has 1 amide bonds. The summed E-state index contributed by atoms with van der Waals surface area (Å²) >= 11 is 6.16. The van der Waals surface area contributed by atoms with Crippen molar-refractivity contribution in [2.24, 2.45) is 0 Å². The molecule has 7 heteroatoms. The molecule has 1 N–H and O–H groups in total. The van der Waals surface area contributed by atoms with Gasteiger partial charge in [-0.05, 0) is 30.3 Å². The van der Waals surface area contributed by atoms with Crippen LogP contribution in [0.2, 0.25) is 5.02 Å². The number of hydrogen-bond donors (Lipinski definition) is 1. The predicted molar refractivity (Wildman–Crippen MR) is 79.7 cm³/mol. The largest absolute Gasteiger partial charge is 0.465 e. The Labute approximate surface area is 129 Å². The van der Waals surface area contributed by atoms with Crippen molar-refractivity contribution in [3.05, 3.63) is 53.5 Å². The first-order valence-electron chi connectivity index (χ1n) is 5.82. The minimum Gasteiger partial charge on any atom is -0.465 e. The fourth-order valence-corrected chi connectivity index (χ4v) is 2.45. The van der Waals surface area contributed by atoms with Gasteiger partial charge in [-0.25, -0.2) is 0 Å². The molecule has 0 radical (unpaired) electrons. The summed E-state index contributed by atoms with van der Waals surface area (Å²) in [5.41, 5.74) is 0.238. The third-order valence-electron chi connectivity index (χ3n) is 2.37. The van der Waals surface area contributed by atoms with Crippen LogP contribution in [-0.2, 0) is 4.79 Å². The highest BCUT2D eigenvalue weighted by atomic mass is 35.5. The third-order valence-corrected chi connectivity index (χ3v) is 3.65. The van der Waals surface area contributed by atoms with Gasteiger partial charge in [-0.1, -0.05) is 29.4 Å². The molecule has 110 valence electrons. The Morgan fingerprint density at radius 3 is 2.81 bits per heavy atom. The van der Waals surface area contributed by atoms with Gasteiger partial charge in [0.1, 0.15) is 5.76 Å². The molecule has 0 spiro atoms. The smallest absolute Gasteiger partial charge is 0.289 e. The number of amides is 1. The van der Waals surface area contributed by atoms with Gasteiger partial charge in [0, 0.05) is 6.08 Å². The maximum Gasteiger partial charge on any atom is 0.289 e. The number of benzene rings is 1. The fourth-order valence-electron chi connectivity index (χ4n) is 1.53. The van der Waals surface area contributed by atoms with E-state index in [1.807, 2.05) is 0 Å². The van der Waals surface area contributed by atoms with Gasteiger partial charge in [-0.15, -0.1) is 0 Å². The fraction of sp³-hybridized carbons (Fsp3) is 0.0714. The monoisotopic (exact) mass is 329 g/mol. The molecule has 2 rings (SSSR count). The molecule has 21 heavy (non-hydrogen) atoms. The summed E-state index contributed by atoms with van der Waals surface area (Å²) in [5, 5.41) is 2.67. The van der Waals surface area contributed by atoms with Crippen molar-refractivity contribution in [2.45, 2.75) is 10.7 Å². The molecule has 1 aromatic carbocycles. The van der Waals surface area contributed by atoms with E-state index in [-0.39, 0.29) is 27.4 Å². The van der Waals surface area contributed by atoms with Crippen molar-refractivity contribution in [1.82, 2.24) is 0 Å². The van der Waals surface area contributed by atoms with Gasteiger partial charge in [0.25, 0.3) is 5.76 Å². The van der Waals surface area contributed by atoms with Crippen LogP contribution in [0.4, 0.5) is 14.5 Å². The number of rotatable bonds is 5. The molecule has 0 saturated heterocycles. The van der Waals surface area contributed by atoms with E-state index in [4.69, 9.17) is 16.0 Å². The zero-order valence-electron chi connectivity index (χ0n) is 10.6. The van der Waals surface area contributed by atoms with E-state index < -0.39 is 11.7 Å². The number of carbonyl (C=O) groups excluding carboxylic acids is 1. The van der Waals surface area contributed by atoms with Gasteiger partial charge in [-0.2, -0.15) is 8.78 Å². The Morgan fingerprint density at radius 1 is 1.33 bits per heavy atom. The highest BCUT2D eigenvalue weighted by molar-refractivity contribution is 7.99. The van der Waals surface area contributed by atoms with Gasteiger partial charge in [0.15, 0.2) is 0 Å². The molecule has 3 nitrogen and oxygen atoms in total. The van der Waals surface area contributed by atoms with E-state index in [0.717, 1.165) is 0 Å². The van der Waals surface area contributed by atoms with Gasteiger partial charge < -0.3 is 9.73 Å². The van der Waals surface area contributed by atoms with E-state index in [2.05, 4.69) is 5.32 Å². The second kappa shape index (κ2) is 7.28. The van der Waals surface area contributed by atoms with Crippen LogP contribution in [0.25, 0.3) is 6.08 Å². The maximum atomic E-state index is 12.5. The second-order valence-electron chi connectivity index (χ2n) is 3.83. The van der Waals surface area contributed by atoms with Gasteiger partial charge in [-0.3, -0.25) is 4.79 Å². The Morgan fingerprint density at radius 2 is 2.14 bits per heavy atom. The lowest BCUT2D eigenvalue weighted by atomic mass is 10.3. The first-order chi connectivity index (χ1) is 10.1. The molecular formula is C14H10ClF2NO2S. The summed E-state index contributed by atoms with van der Waals surface area (Å²) in [6.45, 7) is 0. The summed E-state index contributed by atoms with van der Waals surface area (Å²) in [7, 11) is 0. The first-order valence-corrected chi connectivity index (χ1v) is 7.08. The first kappa shape index (κ1) is 15.6. The Balaban J connectivity index is 2.11. The van der Waals surface area contributed by atoms with Crippen LogP contribution in [0.15, 0.2) is 52.0 Å². The number of nitrogens with one attached hydrogen (secondary N) is 1. The van der Waals surface area contributed by atoms with Crippen molar-refractivity contribution in [1.29, 1.82) is 0 Å². The molecule has 0 aliphatic rings. The summed E-state index contributed by atoms with van der Waals surface area (Å²) < 4.78 is 30.1. The van der Waals surface area contributed by atoms with Crippen molar-refractivity contribution < 1.29 is 18.0 Å². The Hall–Kier alpha value is -1.79. The highest BCUT2D eigenvalue weighted by Gasteiger charge is 2.14. The highest BCUT2D eigenvalue weighted by Crippen LogP contribution is 2.37. The maximum absolute atomic E-state index is 12.5. The molecule has 0 fully saturated rings. The lowest BCUT2D eigenvalue weighted by Gasteiger charge is -2.10. The minimum absolute atomic E-state index is 0.133. The van der Waals surface area contributed by atoms with E-state index in [0.29, 0.717) is 5.76 Å². The number of hydrogen-bond acceptors (Lipinski definition) is 3. The standard InChI is InChI=1S/C14H10ClF2NO2S/c15-10-4-1-5-11(13(10)21-14(16)17)18-12(19)7-6-9-3-2-8-20-9/h1-8,14H,(H,18,19)/b7-6+. The van der Waals surface area contributed by atoms with E-state index in [1.165, 1.54) is 30.5 Å². The summed E-state index contributed by atoms with van der Waals surface area (Å²) in [5.74, 6) is -2.58. The predicted octanol–water partition coefficient (Wildman–Crippen LogP) is 4.90. The van der Waals surface area contributed by atoms with Crippen molar-refractivity contribution >= 4 is 41.0 Å². The number of alkyl halides is 2. The topological polar surface area (TPSA) is 42.2 Å². The van der Waals surface area contributed by atoms with Crippen LogP contribution in [0.1, 0.15) is 5.76 Å². The molecule has 0 saturated carbocycles. The van der Waals surface area contributed by atoms with Crippen molar-refractivity contribution in [2.75, 3.05) is 5.32 Å². The molecular weight excluding hydrogens is 320 g/mol. The quantitative estimate of drug-likeness (QED) is 0.626. The summed E-state index contributed by atoms with van der Waals surface area (Å²) in [4.78, 5) is 11.9.